The fourth-order valence-corrected chi connectivity index (χ4v) is 3.79. The summed E-state index contributed by atoms with van der Waals surface area (Å²) in [5.41, 5.74) is 1.71. The summed E-state index contributed by atoms with van der Waals surface area (Å²) in [6, 6.07) is 7.01. The number of aryl methyl sites for hydroxylation is 1. The number of carbonyl (C=O) groups excluding carboxylic acids is 3. The third kappa shape index (κ3) is 3.58. The highest BCUT2D eigenvalue weighted by atomic mass is 16.5. The highest BCUT2D eigenvalue weighted by Crippen LogP contribution is 2.23. The number of nitrogens with one attached hydrogen (secondary N) is 1. The van der Waals surface area contributed by atoms with Gasteiger partial charge in [-0.05, 0) is 38.8 Å². The Hall–Kier alpha value is -2.21. The molecule has 2 amide bonds. The number of hydrogen-bond donors (Lipinski definition) is 1. The second-order valence-corrected chi connectivity index (χ2v) is 6.86. The van der Waals surface area contributed by atoms with E-state index in [9.17, 15) is 14.4 Å². The van der Waals surface area contributed by atoms with Gasteiger partial charge < -0.3 is 9.64 Å². The van der Waals surface area contributed by atoms with Crippen LogP contribution in [-0.4, -0.2) is 43.5 Å². The van der Waals surface area contributed by atoms with Crippen molar-refractivity contribution in [3.8, 4) is 0 Å². The molecule has 6 nitrogen and oxygen atoms in total. The Labute approximate surface area is 147 Å². The topological polar surface area (TPSA) is 68.1 Å². The summed E-state index contributed by atoms with van der Waals surface area (Å²) < 4.78 is 5.13. The van der Waals surface area contributed by atoms with Gasteiger partial charge in [-0.2, -0.15) is 0 Å². The fraction of sp³-hybridized carbons (Fsp3) is 0.526. The molecule has 25 heavy (non-hydrogen) atoms. The zero-order chi connectivity index (χ0) is 18.0. The average Bonchev–Trinajstić information content (AvgIpc) is 2.91. The lowest BCUT2D eigenvalue weighted by atomic mass is 9.96. The van der Waals surface area contributed by atoms with Gasteiger partial charge in [-0.3, -0.25) is 14.4 Å². The third-order valence-electron chi connectivity index (χ3n) is 5.11. The van der Waals surface area contributed by atoms with Gasteiger partial charge in [-0.25, -0.2) is 4.90 Å². The number of hydrogen-bond acceptors (Lipinski definition) is 4. The van der Waals surface area contributed by atoms with Gasteiger partial charge in [0.05, 0.1) is 31.8 Å². The predicted octanol–water partition coefficient (Wildman–Crippen LogP) is 0.485. The van der Waals surface area contributed by atoms with Crippen LogP contribution in [0.2, 0.25) is 0 Å². The first kappa shape index (κ1) is 17.6. The molecule has 3 rings (SSSR count). The predicted molar refractivity (Wildman–Crippen MR) is 92.1 cm³/mol. The van der Waals surface area contributed by atoms with Crippen LogP contribution < -0.4 is 9.80 Å². The normalized spacial score (nSPS) is 26.8. The summed E-state index contributed by atoms with van der Waals surface area (Å²) in [4.78, 5) is 39.7. The molecular formula is C19H25N2O4+. The van der Waals surface area contributed by atoms with E-state index < -0.39 is 6.04 Å². The minimum absolute atomic E-state index is 0.159. The lowest BCUT2D eigenvalue weighted by Gasteiger charge is -2.31. The molecule has 1 N–H and O–H groups in total. The number of piperidine rings is 1. The lowest BCUT2D eigenvalue weighted by Crippen LogP contribution is -3.18. The first-order valence-electron chi connectivity index (χ1n) is 8.96. The van der Waals surface area contributed by atoms with Crippen LogP contribution in [0.1, 0.15) is 31.7 Å². The van der Waals surface area contributed by atoms with Crippen molar-refractivity contribution in [1.82, 2.24) is 0 Å². The van der Waals surface area contributed by atoms with E-state index in [1.807, 2.05) is 19.1 Å². The number of carbonyl (C=O) groups is 3. The monoisotopic (exact) mass is 345 g/mol. The molecular weight excluding hydrogens is 320 g/mol. The number of quaternary nitrogens is 1. The summed E-state index contributed by atoms with van der Waals surface area (Å²) in [6.07, 6.45) is 1.86. The summed E-state index contributed by atoms with van der Waals surface area (Å²) in [5, 5.41) is 0. The van der Waals surface area contributed by atoms with Crippen LogP contribution in [0.3, 0.4) is 0 Å². The fourth-order valence-electron chi connectivity index (χ4n) is 3.79. The van der Waals surface area contributed by atoms with Crippen molar-refractivity contribution in [2.24, 2.45) is 5.92 Å². The molecule has 2 aliphatic rings. The number of esters is 1. The summed E-state index contributed by atoms with van der Waals surface area (Å²) >= 11 is 0. The van der Waals surface area contributed by atoms with E-state index in [0.29, 0.717) is 18.8 Å². The molecule has 0 aliphatic carbocycles. The van der Waals surface area contributed by atoms with E-state index in [2.05, 4.69) is 0 Å². The van der Waals surface area contributed by atoms with Gasteiger partial charge in [-0.15, -0.1) is 0 Å². The Bertz CT molecular complexity index is 671. The molecule has 2 heterocycles. The maximum Gasteiger partial charge on any atom is 0.314 e. The van der Waals surface area contributed by atoms with Crippen LogP contribution in [0, 0.1) is 12.8 Å². The van der Waals surface area contributed by atoms with Gasteiger partial charge in [0.25, 0.3) is 5.91 Å². The van der Waals surface area contributed by atoms with E-state index in [0.717, 1.165) is 29.8 Å². The van der Waals surface area contributed by atoms with E-state index in [1.54, 1.807) is 19.1 Å². The molecule has 0 aromatic heterocycles. The van der Waals surface area contributed by atoms with E-state index in [-0.39, 0.29) is 30.1 Å². The maximum atomic E-state index is 12.9. The van der Waals surface area contributed by atoms with Crippen LogP contribution in [0.5, 0.6) is 0 Å². The Balaban J connectivity index is 1.73. The van der Waals surface area contributed by atoms with Gasteiger partial charge in [0.2, 0.25) is 5.91 Å². The van der Waals surface area contributed by atoms with Crippen LogP contribution in [0.15, 0.2) is 24.3 Å². The number of anilines is 1. The van der Waals surface area contributed by atoms with Crippen molar-refractivity contribution >= 4 is 23.5 Å². The lowest BCUT2D eigenvalue weighted by molar-refractivity contribution is -0.922. The van der Waals surface area contributed by atoms with E-state index in [1.165, 1.54) is 4.90 Å². The van der Waals surface area contributed by atoms with Gasteiger partial charge in [0.1, 0.15) is 5.92 Å². The number of ether oxygens (including phenoxy) is 1. The highest BCUT2D eigenvalue weighted by Gasteiger charge is 2.47. The zero-order valence-electron chi connectivity index (χ0n) is 14.8. The molecule has 3 atom stereocenters. The number of benzene rings is 1. The van der Waals surface area contributed by atoms with Gasteiger partial charge in [0.15, 0.2) is 6.04 Å². The first-order valence-corrected chi connectivity index (χ1v) is 8.96. The molecule has 1 aromatic rings. The van der Waals surface area contributed by atoms with E-state index in [4.69, 9.17) is 4.74 Å². The Kier molecular flexibility index (Phi) is 5.18. The molecule has 134 valence electrons. The van der Waals surface area contributed by atoms with Crippen LogP contribution in [-0.2, 0) is 19.1 Å². The highest BCUT2D eigenvalue weighted by molar-refractivity contribution is 6.21. The van der Waals surface area contributed by atoms with Gasteiger partial charge in [0, 0.05) is 0 Å². The molecule has 0 bridgehead atoms. The number of amides is 2. The van der Waals surface area contributed by atoms with Crippen LogP contribution in [0.25, 0.3) is 0 Å². The molecule has 0 radical (unpaired) electrons. The standard InChI is InChI=1S/C19H24N2O4/c1-3-25-19(24)14-5-4-10-20(12-14)16-11-17(22)21(18(16)23)15-8-6-13(2)7-9-15/h6-9,14,16H,3-5,10-12H2,1-2H3/p+1. The molecule has 2 aliphatic heterocycles. The zero-order valence-corrected chi connectivity index (χ0v) is 14.8. The maximum absolute atomic E-state index is 12.9. The Morgan fingerprint density at radius 3 is 2.68 bits per heavy atom. The van der Waals surface area contributed by atoms with Crippen molar-refractivity contribution < 1.29 is 24.0 Å². The third-order valence-corrected chi connectivity index (χ3v) is 5.11. The van der Waals surface area contributed by atoms with Crippen molar-refractivity contribution in [2.45, 2.75) is 39.2 Å². The largest absolute Gasteiger partial charge is 0.466 e. The molecule has 1 aromatic carbocycles. The van der Waals surface area contributed by atoms with Crippen molar-refractivity contribution in [2.75, 3.05) is 24.6 Å². The molecule has 6 heteroatoms. The number of rotatable bonds is 4. The summed E-state index contributed by atoms with van der Waals surface area (Å²) in [5.74, 6) is -0.690. The van der Waals surface area contributed by atoms with Gasteiger partial charge in [-0.1, -0.05) is 17.7 Å². The molecule has 0 saturated carbocycles. The Morgan fingerprint density at radius 1 is 1.28 bits per heavy atom. The second-order valence-electron chi connectivity index (χ2n) is 6.86. The van der Waals surface area contributed by atoms with Crippen molar-refractivity contribution in [1.29, 1.82) is 0 Å². The molecule has 2 fully saturated rings. The molecule has 0 spiro atoms. The van der Waals surface area contributed by atoms with Crippen LogP contribution in [0.4, 0.5) is 5.69 Å². The second kappa shape index (κ2) is 7.35. The Morgan fingerprint density at radius 2 is 2.00 bits per heavy atom. The minimum atomic E-state index is -0.397. The number of imide groups is 1. The minimum Gasteiger partial charge on any atom is -0.466 e. The smallest absolute Gasteiger partial charge is 0.314 e. The molecule has 2 saturated heterocycles. The summed E-state index contributed by atoms with van der Waals surface area (Å²) in [6.45, 7) is 5.50. The van der Waals surface area contributed by atoms with E-state index >= 15 is 0 Å². The first-order chi connectivity index (χ1) is 12.0. The quantitative estimate of drug-likeness (QED) is 0.637. The van der Waals surface area contributed by atoms with Crippen LogP contribution >= 0.6 is 0 Å². The van der Waals surface area contributed by atoms with Gasteiger partial charge >= 0.3 is 5.97 Å². The summed E-state index contributed by atoms with van der Waals surface area (Å²) in [7, 11) is 0. The molecule has 3 unspecified atom stereocenters. The SMILES string of the molecule is CCOC(=O)C1CCC[NH+](C2CC(=O)N(c3ccc(C)cc3)C2=O)C1. The van der Waals surface area contributed by atoms with Crippen molar-refractivity contribution in [3.63, 3.8) is 0 Å². The average molecular weight is 345 g/mol. The number of likely N-dealkylation sites (tertiary alicyclic amines) is 1. The number of nitrogens with zero attached hydrogens (tertiary/aromatic N) is 1. The van der Waals surface area contributed by atoms with Crippen molar-refractivity contribution in [3.05, 3.63) is 29.8 Å².